The minimum Gasteiger partial charge on any atom is -0.370 e. The van der Waals surface area contributed by atoms with E-state index in [1.54, 1.807) is 0 Å². The normalized spacial score (nSPS) is 12.2. The van der Waals surface area contributed by atoms with E-state index in [9.17, 15) is 0 Å². The van der Waals surface area contributed by atoms with Crippen molar-refractivity contribution in [1.82, 2.24) is 0 Å². The van der Waals surface area contributed by atoms with Gasteiger partial charge in [-0.05, 0) is 31.0 Å². The third kappa shape index (κ3) is 3.36. The van der Waals surface area contributed by atoms with Gasteiger partial charge in [0.25, 0.3) is 0 Å². The first-order valence-electron chi connectivity index (χ1n) is 6.69. The van der Waals surface area contributed by atoms with Gasteiger partial charge in [0.2, 0.25) is 0 Å². The van der Waals surface area contributed by atoms with Crippen molar-refractivity contribution in [2.45, 2.75) is 26.4 Å². The fraction of sp³-hybridized carbons (Fsp3) is 0.294. The van der Waals surface area contributed by atoms with Crippen molar-refractivity contribution in [3.63, 3.8) is 0 Å². The molecule has 1 atom stereocenters. The summed E-state index contributed by atoms with van der Waals surface area (Å²) in [5.41, 5.74) is 11.1. The van der Waals surface area contributed by atoms with Crippen LogP contribution in [0.15, 0.2) is 48.5 Å². The summed E-state index contributed by atoms with van der Waals surface area (Å²) in [6.45, 7) is 5.05. The molecule has 0 aliphatic heterocycles. The van der Waals surface area contributed by atoms with Gasteiger partial charge >= 0.3 is 0 Å². The van der Waals surface area contributed by atoms with Crippen LogP contribution in [0.5, 0.6) is 0 Å². The zero-order chi connectivity index (χ0) is 13.8. The summed E-state index contributed by atoms with van der Waals surface area (Å²) >= 11 is 0. The predicted molar refractivity (Wildman–Crippen MR) is 82.3 cm³/mol. The first-order chi connectivity index (χ1) is 9.08. The van der Waals surface area contributed by atoms with Gasteiger partial charge in [-0.15, -0.1) is 0 Å². The Labute approximate surface area is 115 Å². The van der Waals surface area contributed by atoms with Crippen molar-refractivity contribution in [1.29, 1.82) is 0 Å². The van der Waals surface area contributed by atoms with Gasteiger partial charge < -0.3 is 10.6 Å². The minimum absolute atomic E-state index is 0.0520. The molecule has 0 heterocycles. The molecule has 100 valence electrons. The lowest BCUT2D eigenvalue weighted by Crippen LogP contribution is -2.20. The van der Waals surface area contributed by atoms with E-state index >= 15 is 0 Å². The molecular formula is C17H22N2. The number of hydrogen-bond acceptors (Lipinski definition) is 2. The molecule has 2 aromatic carbocycles. The van der Waals surface area contributed by atoms with Crippen molar-refractivity contribution < 1.29 is 0 Å². The second-order valence-corrected chi connectivity index (χ2v) is 5.19. The quantitative estimate of drug-likeness (QED) is 0.902. The highest BCUT2D eigenvalue weighted by Crippen LogP contribution is 2.25. The second kappa shape index (κ2) is 5.89. The second-order valence-electron chi connectivity index (χ2n) is 5.19. The summed E-state index contributed by atoms with van der Waals surface area (Å²) in [4.78, 5) is 2.26. The van der Waals surface area contributed by atoms with Crippen molar-refractivity contribution in [2.75, 3.05) is 11.9 Å². The lowest BCUT2D eigenvalue weighted by molar-refractivity contribution is 0.801. The van der Waals surface area contributed by atoms with E-state index in [2.05, 4.69) is 61.3 Å². The molecule has 0 radical (unpaired) electrons. The van der Waals surface area contributed by atoms with Crippen LogP contribution in [0, 0.1) is 6.92 Å². The van der Waals surface area contributed by atoms with Crippen LogP contribution >= 0.6 is 0 Å². The summed E-state index contributed by atoms with van der Waals surface area (Å²) in [5, 5.41) is 0. The van der Waals surface area contributed by atoms with Crippen LogP contribution in [-0.4, -0.2) is 7.05 Å². The maximum atomic E-state index is 6.04. The SMILES string of the molecule is Cc1cccc(CN(C)c2ccccc2[C@@H](C)N)c1. The largest absolute Gasteiger partial charge is 0.370 e. The van der Waals surface area contributed by atoms with Gasteiger partial charge in [-0.1, -0.05) is 48.0 Å². The molecule has 0 aliphatic rings. The average molecular weight is 254 g/mol. The monoisotopic (exact) mass is 254 g/mol. The molecule has 2 nitrogen and oxygen atoms in total. The smallest absolute Gasteiger partial charge is 0.0426 e. The van der Waals surface area contributed by atoms with Crippen LogP contribution in [-0.2, 0) is 6.54 Å². The van der Waals surface area contributed by atoms with Gasteiger partial charge in [0.1, 0.15) is 0 Å². The molecule has 0 saturated carbocycles. The van der Waals surface area contributed by atoms with Gasteiger partial charge in [0, 0.05) is 25.3 Å². The molecule has 2 heteroatoms. The number of hydrogen-bond donors (Lipinski definition) is 1. The standard InChI is InChI=1S/C17H22N2/c1-13-7-6-8-15(11-13)12-19(3)17-10-5-4-9-16(17)14(2)18/h4-11,14H,12,18H2,1-3H3/t14-/m1/s1. The fourth-order valence-corrected chi connectivity index (χ4v) is 2.39. The molecule has 0 unspecified atom stereocenters. The van der Waals surface area contributed by atoms with Crippen molar-refractivity contribution in [3.05, 3.63) is 65.2 Å². The van der Waals surface area contributed by atoms with E-state index in [4.69, 9.17) is 5.73 Å². The molecule has 0 saturated heterocycles. The maximum absolute atomic E-state index is 6.04. The summed E-state index contributed by atoms with van der Waals surface area (Å²) < 4.78 is 0. The van der Waals surface area contributed by atoms with E-state index in [1.165, 1.54) is 22.4 Å². The summed E-state index contributed by atoms with van der Waals surface area (Å²) in [5.74, 6) is 0. The molecule has 0 amide bonds. The van der Waals surface area contributed by atoms with Gasteiger partial charge in [-0.2, -0.15) is 0 Å². The first kappa shape index (κ1) is 13.6. The van der Waals surface area contributed by atoms with Crippen LogP contribution in [0.2, 0.25) is 0 Å². The number of anilines is 1. The van der Waals surface area contributed by atoms with E-state index < -0.39 is 0 Å². The lowest BCUT2D eigenvalue weighted by atomic mass is 10.1. The van der Waals surface area contributed by atoms with Gasteiger partial charge in [-0.3, -0.25) is 0 Å². The van der Waals surface area contributed by atoms with Crippen molar-refractivity contribution >= 4 is 5.69 Å². The molecule has 19 heavy (non-hydrogen) atoms. The molecule has 2 rings (SSSR count). The van der Waals surface area contributed by atoms with Gasteiger partial charge in [0.05, 0.1) is 0 Å². The Kier molecular flexibility index (Phi) is 4.23. The third-order valence-corrected chi connectivity index (χ3v) is 3.34. The number of benzene rings is 2. The maximum Gasteiger partial charge on any atom is 0.0426 e. The molecular weight excluding hydrogens is 232 g/mol. The number of rotatable bonds is 4. The Morgan fingerprint density at radius 1 is 1.11 bits per heavy atom. The number of nitrogens with two attached hydrogens (primary N) is 1. The lowest BCUT2D eigenvalue weighted by Gasteiger charge is -2.24. The Morgan fingerprint density at radius 2 is 1.84 bits per heavy atom. The number of aryl methyl sites for hydroxylation is 1. The molecule has 0 fully saturated rings. The number of nitrogens with zero attached hydrogens (tertiary/aromatic N) is 1. The first-order valence-corrected chi connectivity index (χ1v) is 6.69. The van der Waals surface area contributed by atoms with Gasteiger partial charge in [-0.25, -0.2) is 0 Å². The molecule has 0 spiro atoms. The van der Waals surface area contributed by atoms with E-state index in [0.717, 1.165) is 6.54 Å². The Morgan fingerprint density at radius 3 is 2.53 bits per heavy atom. The zero-order valence-electron chi connectivity index (χ0n) is 11.9. The van der Waals surface area contributed by atoms with Crippen LogP contribution in [0.1, 0.15) is 29.7 Å². The summed E-state index contributed by atoms with van der Waals surface area (Å²) in [6.07, 6.45) is 0. The zero-order valence-corrected chi connectivity index (χ0v) is 11.9. The van der Waals surface area contributed by atoms with Crippen LogP contribution in [0.4, 0.5) is 5.69 Å². The highest BCUT2D eigenvalue weighted by Gasteiger charge is 2.10. The van der Waals surface area contributed by atoms with E-state index in [1.807, 2.05) is 13.0 Å². The minimum atomic E-state index is 0.0520. The van der Waals surface area contributed by atoms with Crippen LogP contribution in [0.25, 0.3) is 0 Å². The fourth-order valence-electron chi connectivity index (χ4n) is 2.39. The predicted octanol–water partition coefficient (Wildman–Crippen LogP) is 3.65. The average Bonchev–Trinajstić information content (AvgIpc) is 2.38. The molecule has 0 aliphatic carbocycles. The Balaban J connectivity index is 2.23. The summed E-state index contributed by atoms with van der Waals surface area (Å²) in [6, 6.07) is 17.0. The molecule has 2 N–H and O–H groups in total. The topological polar surface area (TPSA) is 29.3 Å². The van der Waals surface area contributed by atoms with Crippen LogP contribution in [0.3, 0.4) is 0 Å². The molecule has 0 aromatic heterocycles. The van der Waals surface area contributed by atoms with E-state index in [0.29, 0.717) is 0 Å². The molecule has 0 bridgehead atoms. The van der Waals surface area contributed by atoms with Gasteiger partial charge in [0.15, 0.2) is 0 Å². The van der Waals surface area contributed by atoms with Crippen molar-refractivity contribution in [2.24, 2.45) is 5.73 Å². The third-order valence-electron chi connectivity index (χ3n) is 3.34. The Hall–Kier alpha value is -1.80. The van der Waals surface area contributed by atoms with Crippen LogP contribution < -0.4 is 10.6 Å². The highest BCUT2D eigenvalue weighted by atomic mass is 15.1. The molecule has 2 aromatic rings. The summed E-state index contributed by atoms with van der Waals surface area (Å²) in [7, 11) is 2.11. The Bertz CT molecular complexity index is 546. The number of para-hydroxylation sites is 1. The highest BCUT2D eigenvalue weighted by molar-refractivity contribution is 5.54. The van der Waals surface area contributed by atoms with Crippen molar-refractivity contribution in [3.8, 4) is 0 Å². The van der Waals surface area contributed by atoms with E-state index in [-0.39, 0.29) is 6.04 Å².